The fourth-order valence-corrected chi connectivity index (χ4v) is 2.78. The summed E-state index contributed by atoms with van der Waals surface area (Å²) in [5.41, 5.74) is 4.26. The van der Waals surface area contributed by atoms with Crippen LogP contribution in [0.25, 0.3) is 11.3 Å². The van der Waals surface area contributed by atoms with Crippen molar-refractivity contribution >= 4 is 8.07 Å². The fourth-order valence-electron chi connectivity index (χ4n) is 2.28. The molecular weight excluding hydrogens is 395 g/mol. The van der Waals surface area contributed by atoms with Gasteiger partial charge in [-0.05, 0) is 36.4 Å². The number of pyridine rings is 1. The molecule has 0 saturated carbocycles. The number of rotatable bonds is 3. The lowest BCUT2D eigenvalue weighted by atomic mass is 10.2. The van der Waals surface area contributed by atoms with Gasteiger partial charge in [-0.1, -0.05) is 25.6 Å². The minimum Gasteiger partial charge on any atom is -0.437 e. The number of aromatic nitrogens is 3. The molecule has 1 aromatic carbocycles. The largest absolute Gasteiger partial charge is 0.437 e. The molecule has 0 aliphatic carbocycles. The molecule has 0 aliphatic rings. The predicted octanol–water partition coefficient (Wildman–Crippen LogP) is 5.58. The molecule has 2 heterocycles. The van der Waals surface area contributed by atoms with Gasteiger partial charge in [0.05, 0.1) is 5.56 Å². The molecule has 2 aromatic heterocycles. The van der Waals surface area contributed by atoms with Crippen LogP contribution in [0.2, 0.25) is 19.6 Å². The monoisotopic (exact) mass is 413 g/mol. The molecule has 0 radical (unpaired) electrons. The molecule has 0 N–H and O–H groups in total. The molecule has 3 aromatic rings. The third-order valence-corrected chi connectivity index (χ3v) is 4.54. The smallest absolute Gasteiger partial charge is 0.416 e. The minimum atomic E-state index is -4.40. The summed E-state index contributed by atoms with van der Waals surface area (Å²) in [7, 11) is -1.50. The van der Waals surface area contributed by atoms with Crippen LogP contribution in [0.4, 0.5) is 13.2 Å². The molecule has 0 atom stereocenters. The molecule has 8 heteroatoms. The molecule has 3 rings (SSSR count). The summed E-state index contributed by atoms with van der Waals surface area (Å²) in [6, 6.07) is 8.00. The van der Waals surface area contributed by atoms with Gasteiger partial charge in [0.2, 0.25) is 5.88 Å². The van der Waals surface area contributed by atoms with Crippen LogP contribution in [0.5, 0.6) is 11.6 Å². The summed E-state index contributed by atoms with van der Waals surface area (Å²) < 4.78 is 43.8. The van der Waals surface area contributed by atoms with Crippen LogP contribution < -0.4 is 4.74 Å². The number of ether oxygens (including phenoxy) is 1. The van der Waals surface area contributed by atoms with Crippen molar-refractivity contribution in [2.75, 3.05) is 0 Å². The first-order valence-corrected chi connectivity index (χ1v) is 12.3. The van der Waals surface area contributed by atoms with Gasteiger partial charge < -0.3 is 4.74 Å². The third-order valence-electron chi connectivity index (χ3n) is 3.66. The van der Waals surface area contributed by atoms with E-state index in [1.54, 1.807) is 12.3 Å². The highest BCUT2D eigenvalue weighted by atomic mass is 28.3. The summed E-state index contributed by atoms with van der Waals surface area (Å²) in [5.74, 6) is 3.48. The second-order valence-corrected chi connectivity index (χ2v) is 12.0. The van der Waals surface area contributed by atoms with Gasteiger partial charge in [0.15, 0.2) is 0 Å². The Morgan fingerprint density at radius 2 is 1.59 bits per heavy atom. The first-order valence-electron chi connectivity index (χ1n) is 8.77. The average Bonchev–Trinajstić information content (AvgIpc) is 2.66. The second kappa shape index (κ2) is 8.05. The molecular formula is C21H18F3N3OSi. The van der Waals surface area contributed by atoms with E-state index in [2.05, 4.69) is 46.1 Å². The van der Waals surface area contributed by atoms with Gasteiger partial charge in [-0.15, -0.1) is 5.54 Å². The summed E-state index contributed by atoms with van der Waals surface area (Å²) >= 11 is 0. The topological polar surface area (TPSA) is 47.9 Å². The summed E-state index contributed by atoms with van der Waals surface area (Å²) in [6.45, 7) is 6.45. The van der Waals surface area contributed by atoms with E-state index in [9.17, 15) is 13.2 Å². The summed E-state index contributed by atoms with van der Waals surface area (Å²) in [4.78, 5) is 12.8. The van der Waals surface area contributed by atoms with Gasteiger partial charge in [0.25, 0.3) is 0 Å². The molecule has 0 fully saturated rings. The van der Waals surface area contributed by atoms with Crippen molar-refractivity contribution in [3.05, 3.63) is 66.2 Å². The van der Waals surface area contributed by atoms with E-state index in [1.165, 1.54) is 24.5 Å². The molecule has 0 aliphatic heterocycles. The van der Waals surface area contributed by atoms with E-state index in [1.807, 2.05) is 6.07 Å². The number of halogens is 3. The van der Waals surface area contributed by atoms with Crippen LogP contribution in [0, 0.1) is 11.5 Å². The molecule has 0 bridgehead atoms. The number of hydrogen-bond donors (Lipinski definition) is 0. The molecule has 148 valence electrons. The van der Waals surface area contributed by atoms with Crippen molar-refractivity contribution in [1.82, 2.24) is 15.0 Å². The first kappa shape index (κ1) is 20.5. The van der Waals surface area contributed by atoms with Crippen LogP contribution in [0.15, 0.2) is 55.0 Å². The Morgan fingerprint density at radius 1 is 0.897 bits per heavy atom. The van der Waals surface area contributed by atoms with E-state index in [0.29, 0.717) is 17.0 Å². The van der Waals surface area contributed by atoms with E-state index in [0.717, 1.165) is 12.1 Å². The highest BCUT2D eigenvalue weighted by Crippen LogP contribution is 2.33. The van der Waals surface area contributed by atoms with E-state index in [4.69, 9.17) is 4.74 Å². The minimum absolute atomic E-state index is 0.176. The lowest BCUT2D eigenvalue weighted by molar-refractivity contribution is -0.137. The Bertz CT molecular complexity index is 1050. The van der Waals surface area contributed by atoms with Gasteiger partial charge in [-0.2, -0.15) is 13.2 Å². The Balaban J connectivity index is 1.84. The average molecular weight is 413 g/mol. The van der Waals surface area contributed by atoms with E-state index < -0.39 is 19.8 Å². The summed E-state index contributed by atoms with van der Waals surface area (Å²) in [6.07, 6.45) is 0.178. The highest BCUT2D eigenvalue weighted by Gasteiger charge is 2.30. The lowest BCUT2D eigenvalue weighted by Crippen LogP contribution is -2.16. The Labute approximate surface area is 167 Å². The number of hydrogen-bond acceptors (Lipinski definition) is 4. The number of alkyl halides is 3. The first-order chi connectivity index (χ1) is 13.6. The normalized spacial score (nSPS) is 11.5. The van der Waals surface area contributed by atoms with Crippen LogP contribution in [-0.2, 0) is 6.18 Å². The van der Waals surface area contributed by atoms with Gasteiger partial charge in [-0.3, -0.25) is 0 Å². The Morgan fingerprint density at radius 3 is 2.17 bits per heavy atom. The van der Waals surface area contributed by atoms with Crippen molar-refractivity contribution in [2.45, 2.75) is 25.8 Å². The van der Waals surface area contributed by atoms with Gasteiger partial charge in [0.1, 0.15) is 25.2 Å². The van der Waals surface area contributed by atoms with Gasteiger partial charge >= 0.3 is 6.18 Å². The molecule has 29 heavy (non-hydrogen) atoms. The zero-order valence-electron chi connectivity index (χ0n) is 16.1. The number of benzene rings is 1. The maximum absolute atomic E-state index is 12.7. The Hall–Kier alpha value is -3.18. The maximum Gasteiger partial charge on any atom is 0.416 e. The molecule has 0 amide bonds. The molecule has 0 spiro atoms. The van der Waals surface area contributed by atoms with Crippen LogP contribution >= 0.6 is 0 Å². The maximum atomic E-state index is 12.7. The van der Waals surface area contributed by atoms with Gasteiger partial charge in [-0.25, -0.2) is 15.0 Å². The zero-order valence-corrected chi connectivity index (χ0v) is 17.1. The quantitative estimate of drug-likeness (QED) is 0.416. The molecule has 4 nitrogen and oxygen atoms in total. The van der Waals surface area contributed by atoms with Crippen molar-refractivity contribution < 1.29 is 17.9 Å². The van der Waals surface area contributed by atoms with Crippen LogP contribution in [0.1, 0.15) is 11.3 Å². The standard InChI is InChI=1S/C21H18F3N3OSi/c1-29(2,3)13-10-17-7-4-15(14-27-17)19-20(26-12-11-25-19)28-18-8-5-16(6-9-18)21(22,23)24/h4-9,11-12,14H,1-3H3. The lowest BCUT2D eigenvalue weighted by Gasteiger charge is -2.10. The highest BCUT2D eigenvalue weighted by molar-refractivity contribution is 6.83. The Kier molecular flexibility index (Phi) is 5.70. The SMILES string of the molecule is C[Si](C)(C)C#Cc1ccc(-c2nccnc2Oc2ccc(C(F)(F)F)cc2)cn1. The van der Waals surface area contributed by atoms with Gasteiger partial charge in [0, 0.05) is 24.2 Å². The summed E-state index contributed by atoms with van der Waals surface area (Å²) in [5, 5.41) is 0. The third kappa shape index (κ3) is 5.65. The van der Waals surface area contributed by atoms with Crippen LogP contribution in [-0.4, -0.2) is 23.0 Å². The van der Waals surface area contributed by atoms with Crippen molar-refractivity contribution in [3.8, 4) is 34.4 Å². The number of nitrogens with zero attached hydrogens (tertiary/aromatic N) is 3. The zero-order chi connectivity index (χ0) is 21.1. The molecule has 0 saturated heterocycles. The molecule has 0 unspecified atom stereocenters. The second-order valence-electron chi connectivity index (χ2n) is 7.27. The van der Waals surface area contributed by atoms with Crippen LogP contribution in [0.3, 0.4) is 0 Å². The van der Waals surface area contributed by atoms with Crippen molar-refractivity contribution in [1.29, 1.82) is 0 Å². The van der Waals surface area contributed by atoms with Crippen molar-refractivity contribution in [2.24, 2.45) is 0 Å². The van der Waals surface area contributed by atoms with E-state index >= 15 is 0 Å². The van der Waals surface area contributed by atoms with Crippen molar-refractivity contribution in [3.63, 3.8) is 0 Å². The predicted molar refractivity (Wildman–Crippen MR) is 107 cm³/mol. The van der Waals surface area contributed by atoms with E-state index in [-0.39, 0.29) is 11.6 Å². The fraction of sp³-hybridized carbons (Fsp3) is 0.190.